The number of hydrogen-bond acceptors (Lipinski definition) is 14. The van der Waals surface area contributed by atoms with Gasteiger partial charge in [-0.3, -0.25) is 4.99 Å². The summed E-state index contributed by atoms with van der Waals surface area (Å²) < 4.78 is 17.7. The zero-order valence-corrected chi connectivity index (χ0v) is 56.1. The predicted molar refractivity (Wildman–Crippen MR) is 384 cm³/mol. The Morgan fingerprint density at radius 2 is 0.828 bits per heavy atom. The Kier molecular flexibility index (Phi) is 12.2. The summed E-state index contributed by atoms with van der Waals surface area (Å²) in [5, 5.41) is 17.3. The standard InChI is InChI=1S/C48H26N8.C32H18N8.Ga.H2O.Ti/c1-2-10-26-18-34-33(17-25(26)9-1)41-49-42(34)54-44-37-21-29-13-5-6-14-30(29)22-38(37)46(51-44)56-48-40-24-32-16-8-7-15-31(32)23-39(40)47(52-48)55-45-36-20-28-12-4-3-11-27(28)19-35(36)43(50-45)53-41;1-2-10-18-17(9-1)25-33-26(18)38-28-21-13-5-6-14-22(21)30(35-28)40-32-24-16-8-7-15-23(24)31(36-32)39-29-20-12-4-3-11-19(20)27(34-29)37-25;;;/h1-24,33,41H;1-17,25H;;1H2;/q2*-2;+3;;+2/p-1. The Balaban J connectivity index is 0.000000138. The molecule has 11 aliphatic rings. The molecule has 0 amide bonds. The van der Waals surface area contributed by atoms with Crippen LogP contribution in [0.4, 0.5) is 0 Å². The smallest absolute Gasteiger partial charge is 2.00 e. The van der Waals surface area contributed by atoms with Crippen molar-refractivity contribution in [2.24, 2.45) is 71.7 Å². The molecule has 0 saturated heterocycles. The quantitative estimate of drug-likeness (QED) is 0.148. The maximum atomic E-state index is 13.5. The van der Waals surface area contributed by atoms with Crippen LogP contribution in [0.5, 0.6) is 0 Å². The van der Waals surface area contributed by atoms with Crippen LogP contribution < -0.4 is 37.4 Å². The van der Waals surface area contributed by atoms with Crippen molar-refractivity contribution in [3.63, 3.8) is 0 Å². The number of amidine groups is 8. The fraction of sp³-hybridized carbons (Fsp3) is 0.0500. The van der Waals surface area contributed by atoms with Crippen molar-refractivity contribution >= 4 is 130 Å². The third-order valence-corrected chi connectivity index (χ3v) is 24.3. The molecule has 0 fully saturated rings. The van der Waals surface area contributed by atoms with E-state index in [4.69, 9.17) is 70.2 Å². The molecule has 0 saturated carbocycles. The number of nitrogens with zero attached hydrogens (tertiary/aromatic N) is 16. The van der Waals surface area contributed by atoms with Crippen LogP contribution in [-0.4, -0.2) is 86.9 Å². The van der Waals surface area contributed by atoms with E-state index >= 15 is 0 Å². The average molecular weight is 1360 g/mol. The van der Waals surface area contributed by atoms with Crippen molar-refractivity contribution in [1.82, 2.24) is 11.9 Å². The number of rotatable bonds is 0. The van der Waals surface area contributed by atoms with Gasteiger partial charge in [0, 0.05) is 39.1 Å². The van der Waals surface area contributed by atoms with E-state index in [0.717, 1.165) is 120 Å². The maximum Gasteiger partial charge on any atom is 2.00 e. The van der Waals surface area contributed by atoms with Gasteiger partial charge in [0.25, 0.3) is 0 Å². The summed E-state index contributed by atoms with van der Waals surface area (Å²) in [6.45, 7) is 0. The molecule has 12 aromatic rings. The normalized spacial score (nSPS) is 22.0. The van der Waals surface area contributed by atoms with E-state index in [1.165, 1.54) is 0 Å². The third kappa shape index (κ3) is 8.50. The number of hydrogen-bond donors (Lipinski definition) is 1. The molecule has 14 bridgehead atoms. The predicted octanol–water partition coefficient (Wildman–Crippen LogP) is 9.48. The van der Waals surface area contributed by atoms with Gasteiger partial charge in [-0.15, -0.1) is 0 Å². The van der Waals surface area contributed by atoms with E-state index in [2.05, 4.69) is 161 Å². The first-order chi connectivity index (χ1) is 48.4. The molecular formula is C80H45GaN16OTi. The maximum absolute atomic E-state index is 13.5. The largest absolute Gasteiger partial charge is 2.00 e. The van der Waals surface area contributed by atoms with Crippen LogP contribution in [-0.2, 0) is 21.7 Å². The number of aromatic nitrogens is 2. The summed E-state index contributed by atoms with van der Waals surface area (Å²) in [7, 11) is 0. The summed E-state index contributed by atoms with van der Waals surface area (Å²) in [5.41, 5.74) is 11.7. The first-order valence-corrected chi connectivity index (χ1v) is 35.9. The molecule has 99 heavy (non-hydrogen) atoms. The van der Waals surface area contributed by atoms with Gasteiger partial charge in [-0.2, -0.15) is 0 Å². The van der Waals surface area contributed by atoms with E-state index < -0.39 is 29.4 Å². The van der Waals surface area contributed by atoms with Gasteiger partial charge in [0.1, 0.15) is 0 Å². The molecule has 11 heterocycles. The zero-order valence-electron chi connectivity index (χ0n) is 52.1. The summed E-state index contributed by atoms with van der Waals surface area (Å²) >= 11 is -4.07. The third-order valence-electron chi connectivity index (χ3n) is 20.1. The number of aliphatic imine (C=N–C) groups is 8. The van der Waals surface area contributed by atoms with Gasteiger partial charge in [-0.1, -0.05) is 103 Å². The Hall–Kier alpha value is -11.8. The molecule has 0 spiro atoms. The minimum Gasteiger partial charge on any atom is 2.00 e. The SMILES string of the molecule is C1=CC2=C3/N=C4\N=C(N=c5[n-]c(c6ccccc56)=NC5=N/C(=N\C([N-]3)C2C=C1)c1ccccc15)c1ccccc14.[OH][Ga]1[N]2C3=C4C=c5ccccc5=CC4C2/N=C2\N=C(N=c4c5cc6ccccc6cc5c([n]41)=NC1=N/C(=N\3)c3cc4ccccc4cc31)c1cc3ccccc3cc12.[Ti+2]. The summed E-state index contributed by atoms with van der Waals surface area (Å²) in [4.78, 5) is 67.2. The second-order valence-corrected chi connectivity index (χ2v) is 29.3. The number of fused-ring (bicyclic) bond motifs is 34. The van der Waals surface area contributed by atoms with Gasteiger partial charge < -0.3 is 25.3 Å². The van der Waals surface area contributed by atoms with Gasteiger partial charge in [0.05, 0.1) is 23.7 Å². The minimum absolute atomic E-state index is 0. The van der Waals surface area contributed by atoms with Crippen molar-refractivity contribution in [1.29, 1.82) is 0 Å². The van der Waals surface area contributed by atoms with E-state index in [1.54, 1.807) is 0 Å². The molecule has 4 unspecified atom stereocenters. The molecule has 10 aromatic carbocycles. The fourth-order valence-corrected chi connectivity index (χ4v) is 19.8. The zero-order chi connectivity index (χ0) is 64.0. The molecule has 2 aliphatic carbocycles. The average Bonchev–Trinajstić information content (AvgIpc) is 1.55. The second-order valence-electron chi connectivity index (χ2n) is 25.6. The summed E-state index contributed by atoms with van der Waals surface area (Å²) in [6, 6.07) is 70.6. The van der Waals surface area contributed by atoms with E-state index in [9.17, 15) is 3.90 Å². The van der Waals surface area contributed by atoms with Crippen molar-refractivity contribution in [3.05, 3.63) is 336 Å². The Morgan fingerprint density at radius 1 is 0.384 bits per heavy atom. The first-order valence-electron chi connectivity index (χ1n) is 32.6. The monoisotopic (exact) mass is 1360 g/mol. The van der Waals surface area contributed by atoms with Crippen LogP contribution in [0.2, 0.25) is 0 Å². The van der Waals surface area contributed by atoms with Gasteiger partial charge in [-0.25, -0.2) is 9.98 Å². The second kappa shape index (κ2) is 21.4. The van der Waals surface area contributed by atoms with Crippen LogP contribution >= 0.6 is 0 Å². The number of allylic oxidation sites excluding steroid dienone is 3. The first kappa shape index (κ1) is 56.4. The Labute approximate surface area is 582 Å². The van der Waals surface area contributed by atoms with E-state index in [-0.39, 0.29) is 33.6 Å². The molecule has 2 aromatic heterocycles. The topological polar surface area (TPSA) is 205 Å². The minimum atomic E-state index is -4.07. The number of benzene rings is 10. The Bertz CT molecular complexity index is 6620. The fourth-order valence-electron chi connectivity index (χ4n) is 15.5. The molecule has 458 valence electrons. The van der Waals surface area contributed by atoms with Crippen LogP contribution in [0.25, 0.3) is 71.3 Å². The van der Waals surface area contributed by atoms with Gasteiger partial charge in [0.2, 0.25) is 0 Å². The van der Waals surface area contributed by atoms with E-state index in [1.807, 2.05) is 88.2 Å². The van der Waals surface area contributed by atoms with Gasteiger partial charge in [0.15, 0.2) is 5.84 Å². The van der Waals surface area contributed by atoms with Crippen molar-refractivity contribution in [3.8, 4) is 0 Å². The molecule has 17 nitrogen and oxygen atoms in total. The molecule has 4 atom stereocenters. The Morgan fingerprint density at radius 3 is 1.39 bits per heavy atom. The molecular weight excluding hydrogens is 1320 g/mol. The van der Waals surface area contributed by atoms with Crippen LogP contribution in [0.1, 0.15) is 44.5 Å². The summed E-state index contributed by atoms with van der Waals surface area (Å²) in [5.74, 6) is 5.69. The molecule has 1 N–H and O–H groups in total. The van der Waals surface area contributed by atoms with Crippen molar-refractivity contribution in [2.45, 2.75) is 12.3 Å². The van der Waals surface area contributed by atoms with Crippen LogP contribution in [0, 0.1) is 11.8 Å². The van der Waals surface area contributed by atoms with Gasteiger partial charge in [-0.05, 0) is 16.3 Å². The van der Waals surface area contributed by atoms with Crippen LogP contribution in [0.3, 0.4) is 0 Å². The van der Waals surface area contributed by atoms with Crippen LogP contribution in [0.15, 0.2) is 313 Å². The van der Waals surface area contributed by atoms with E-state index in [0.29, 0.717) is 80.3 Å². The molecule has 23 rings (SSSR count). The van der Waals surface area contributed by atoms with Crippen molar-refractivity contribution in [2.75, 3.05) is 0 Å². The summed E-state index contributed by atoms with van der Waals surface area (Å²) in [6.07, 6.45) is 11.8. The van der Waals surface area contributed by atoms with Crippen molar-refractivity contribution < 1.29 is 25.6 Å². The molecule has 19 heteroatoms. The molecule has 9 aliphatic heterocycles. The molecule has 0 radical (unpaired) electrons. The van der Waals surface area contributed by atoms with Gasteiger partial charge >= 0.3 is 359 Å².